The molecule has 1 aromatic carbocycles. The van der Waals surface area contributed by atoms with Crippen LogP contribution in [0.25, 0.3) is 0 Å². The Hall–Kier alpha value is -0.980. The van der Waals surface area contributed by atoms with Gasteiger partial charge in [-0.3, -0.25) is 0 Å². The molecule has 0 amide bonds. The summed E-state index contributed by atoms with van der Waals surface area (Å²) in [6.45, 7) is 6.55. The van der Waals surface area contributed by atoms with Crippen LogP contribution >= 0.6 is 12.2 Å². The second-order valence-corrected chi connectivity index (χ2v) is 7.91. The van der Waals surface area contributed by atoms with Crippen molar-refractivity contribution in [1.82, 2.24) is 4.72 Å². The number of sulfonamides is 1. The van der Waals surface area contributed by atoms with Crippen molar-refractivity contribution >= 4 is 27.2 Å². The zero-order chi connectivity index (χ0) is 15.4. The number of benzene rings is 1. The Bertz CT molecular complexity index is 563. The van der Waals surface area contributed by atoms with Crippen LogP contribution in [0.4, 0.5) is 0 Å². The second kappa shape index (κ2) is 6.65. The van der Waals surface area contributed by atoms with Crippen molar-refractivity contribution in [1.29, 1.82) is 0 Å². The van der Waals surface area contributed by atoms with Crippen molar-refractivity contribution in [2.24, 2.45) is 11.1 Å². The third kappa shape index (κ3) is 5.56. The minimum atomic E-state index is -3.33. The summed E-state index contributed by atoms with van der Waals surface area (Å²) in [7, 11) is -3.33. The number of nitrogens with one attached hydrogen (secondary N) is 1. The van der Waals surface area contributed by atoms with Crippen LogP contribution in [0.5, 0.6) is 0 Å². The van der Waals surface area contributed by atoms with E-state index < -0.39 is 10.0 Å². The molecule has 0 unspecified atom stereocenters. The highest BCUT2D eigenvalue weighted by Crippen LogP contribution is 2.18. The lowest BCUT2D eigenvalue weighted by atomic mass is 9.91. The fourth-order valence-electron chi connectivity index (χ4n) is 1.47. The molecule has 0 bridgehead atoms. The Morgan fingerprint density at radius 2 is 1.85 bits per heavy atom. The molecule has 3 N–H and O–H groups in total. The standard InChI is InChI=1S/C14H22N2O2S2/c1-4-14(2,3)10-16-20(17,18)9-11-5-7-12(8-6-11)13(15)19/h5-8,16H,4,9-10H2,1-3H3,(H2,15,19). The first-order valence-corrected chi connectivity index (χ1v) is 8.57. The third-order valence-corrected chi connectivity index (χ3v) is 4.86. The first kappa shape index (κ1) is 17.1. The van der Waals surface area contributed by atoms with Gasteiger partial charge in [0.05, 0.1) is 5.75 Å². The molecule has 4 nitrogen and oxygen atoms in total. The maximum absolute atomic E-state index is 12.0. The lowest BCUT2D eigenvalue weighted by molar-refractivity contribution is 0.350. The van der Waals surface area contributed by atoms with E-state index >= 15 is 0 Å². The Kier molecular flexibility index (Phi) is 5.68. The van der Waals surface area contributed by atoms with Gasteiger partial charge in [0.25, 0.3) is 0 Å². The highest BCUT2D eigenvalue weighted by Gasteiger charge is 2.19. The van der Waals surface area contributed by atoms with Crippen molar-refractivity contribution in [2.45, 2.75) is 32.9 Å². The molecule has 0 saturated carbocycles. The molecule has 1 rings (SSSR count). The number of nitrogens with two attached hydrogens (primary N) is 1. The molecule has 6 heteroatoms. The molecule has 0 aliphatic heterocycles. The number of hydrogen-bond donors (Lipinski definition) is 2. The van der Waals surface area contributed by atoms with Gasteiger partial charge in [-0.15, -0.1) is 0 Å². The highest BCUT2D eigenvalue weighted by molar-refractivity contribution is 7.88. The normalized spacial score (nSPS) is 12.3. The van der Waals surface area contributed by atoms with E-state index in [0.717, 1.165) is 12.0 Å². The molecule has 0 fully saturated rings. The lowest BCUT2D eigenvalue weighted by Gasteiger charge is -2.22. The highest BCUT2D eigenvalue weighted by atomic mass is 32.2. The quantitative estimate of drug-likeness (QED) is 0.757. The van der Waals surface area contributed by atoms with Gasteiger partial charge in [0.15, 0.2) is 0 Å². The Morgan fingerprint density at radius 3 is 2.30 bits per heavy atom. The maximum atomic E-state index is 12.0. The molecule has 1 aromatic rings. The molecule has 112 valence electrons. The van der Waals surface area contributed by atoms with E-state index in [-0.39, 0.29) is 11.2 Å². The van der Waals surface area contributed by atoms with Crippen molar-refractivity contribution in [2.75, 3.05) is 6.54 Å². The SMILES string of the molecule is CCC(C)(C)CNS(=O)(=O)Cc1ccc(C(N)=S)cc1. The zero-order valence-electron chi connectivity index (χ0n) is 12.1. The predicted molar refractivity (Wildman–Crippen MR) is 87.0 cm³/mol. The van der Waals surface area contributed by atoms with E-state index in [1.807, 2.05) is 20.8 Å². The first-order valence-electron chi connectivity index (χ1n) is 6.51. The van der Waals surface area contributed by atoms with E-state index in [4.69, 9.17) is 18.0 Å². The number of thiocarbonyl (C=S) groups is 1. The summed E-state index contributed by atoms with van der Waals surface area (Å²) in [5, 5.41) is 0. The summed E-state index contributed by atoms with van der Waals surface area (Å²) in [5.74, 6) is -0.0373. The van der Waals surface area contributed by atoms with Gasteiger partial charge in [0.1, 0.15) is 4.99 Å². The van der Waals surface area contributed by atoms with Crippen LogP contribution in [0.2, 0.25) is 0 Å². The molecule has 20 heavy (non-hydrogen) atoms. The van der Waals surface area contributed by atoms with E-state index in [9.17, 15) is 8.42 Å². The molecule has 0 saturated heterocycles. The van der Waals surface area contributed by atoms with Crippen molar-refractivity contribution in [3.8, 4) is 0 Å². The average Bonchev–Trinajstić information content (AvgIpc) is 2.37. The summed E-state index contributed by atoms with van der Waals surface area (Å²) in [6, 6.07) is 6.95. The van der Waals surface area contributed by atoms with Gasteiger partial charge in [0, 0.05) is 12.1 Å². The molecule has 0 radical (unpaired) electrons. The van der Waals surface area contributed by atoms with E-state index in [2.05, 4.69) is 4.72 Å². The number of hydrogen-bond acceptors (Lipinski definition) is 3. The van der Waals surface area contributed by atoms with Crippen molar-refractivity contribution in [3.05, 3.63) is 35.4 Å². The molecule has 0 aliphatic carbocycles. The van der Waals surface area contributed by atoms with Crippen LogP contribution < -0.4 is 10.5 Å². The van der Waals surface area contributed by atoms with Gasteiger partial charge in [-0.1, -0.05) is 57.3 Å². The monoisotopic (exact) mass is 314 g/mol. The molecule has 0 aliphatic rings. The largest absolute Gasteiger partial charge is 0.389 e. The van der Waals surface area contributed by atoms with Gasteiger partial charge in [-0.25, -0.2) is 13.1 Å². The Morgan fingerprint density at radius 1 is 1.30 bits per heavy atom. The molecule has 0 spiro atoms. The summed E-state index contributed by atoms with van der Waals surface area (Å²) in [6.07, 6.45) is 0.915. The van der Waals surface area contributed by atoms with Gasteiger partial charge >= 0.3 is 0 Å². The maximum Gasteiger partial charge on any atom is 0.215 e. The van der Waals surface area contributed by atoms with Crippen LogP contribution in [0.1, 0.15) is 38.3 Å². The molecular weight excluding hydrogens is 292 g/mol. The fourth-order valence-corrected chi connectivity index (χ4v) is 2.95. The van der Waals surface area contributed by atoms with Crippen LogP contribution in [-0.4, -0.2) is 20.0 Å². The molecular formula is C14H22N2O2S2. The minimum absolute atomic E-state index is 0.0373. The third-order valence-electron chi connectivity index (χ3n) is 3.32. The van der Waals surface area contributed by atoms with E-state index in [1.54, 1.807) is 24.3 Å². The van der Waals surface area contributed by atoms with Crippen LogP contribution in [0.15, 0.2) is 24.3 Å². The number of rotatable bonds is 7. The smallest absolute Gasteiger partial charge is 0.215 e. The van der Waals surface area contributed by atoms with Gasteiger partial charge < -0.3 is 5.73 Å². The molecule has 0 aromatic heterocycles. The average molecular weight is 314 g/mol. The summed E-state index contributed by atoms with van der Waals surface area (Å²) in [5.41, 5.74) is 6.92. The second-order valence-electron chi connectivity index (χ2n) is 5.66. The summed E-state index contributed by atoms with van der Waals surface area (Å²) < 4.78 is 26.7. The molecule has 0 heterocycles. The zero-order valence-corrected chi connectivity index (χ0v) is 13.8. The predicted octanol–water partition coefficient (Wildman–Crippen LogP) is 2.18. The van der Waals surface area contributed by atoms with Crippen LogP contribution in [0.3, 0.4) is 0 Å². The fraction of sp³-hybridized carbons (Fsp3) is 0.500. The first-order chi connectivity index (χ1) is 9.15. The Labute approximate surface area is 126 Å². The topological polar surface area (TPSA) is 72.2 Å². The Balaban J connectivity index is 2.69. The van der Waals surface area contributed by atoms with E-state index in [0.29, 0.717) is 17.1 Å². The van der Waals surface area contributed by atoms with Crippen LogP contribution in [0, 0.1) is 5.41 Å². The van der Waals surface area contributed by atoms with Crippen LogP contribution in [-0.2, 0) is 15.8 Å². The summed E-state index contributed by atoms with van der Waals surface area (Å²) >= 11 is 4.86. The van der Waals surface area contributed by atoms with Gasteiger partial charge in [-0.2, -0.15) is 0 Å². The van der Waals surface area contributed by atoms with Crippen molar-refractivity contribution in [3.63, 3.8) is 0 Å². The minimum Gasteiger partial charge on any atom is -0.389 e. The molecule has 0 atom stereocenters. The lowest BCUT2D eigenvalue weighted by Crippen LogP contribution is -2.34. The van der Waals surface area contributed by atoms with Gasteiger partial charge in [-0.05, 0) is 17.4 Å². The van der Waals surface area contributed by atoms with Crippen molar-refractivity contribution < 1.29 is 8.42 Å². The van der Waals surface area contributed by atoms with Gasteiger partial charge in [0.2, 0.25) is 10.0 Å². The summed E-state index contributed by atoms with van der Waals surface area (Å²) in [4.78, 5) is 0.308. The van der Waals surface area contributed by atoms with E-state index in [1.165, 1.54) is 0 Å².